The SMILES string of the molecule is O=C1OCC2=C1[C@H](c1ccccc1)C=C[C@H]2c1ccccc1. The Morgan fingerprint density at radius 1 is 0.773 bits per heavy atom. The fourth-order valence-corrected chi connectivity index (χ4v) is 3.36. The van der Waals surface area contributed by atoms with Gasteiger partial charge in [0, 0.05) is 11.8 Å². The highest BCUT2D eigenvalue weighted by Crippen LogP contribution is 2.43. The molecule has 0 saturated heterocycles. The molecule has 2 atom stereocenters. The third kappa shape index (κ3) is 2.08. The smallest absolute Gasteiger partial charge is 0.335 e. The van der Waals surface area contributed by atoms with Crippen LogP contribution in [0.15, 0.2) is 84.0 Å². The van der Waals surface area contributed by atoms with Crippen molar-refractivity contribution in [3.8, 4) is 0 Å². The van der Waals surface area contributed by atoms with Crippen molar-refractivity contribution < 1.29 is 9.53 Å². The minimum atomic E-state index is -0.172. The number of benzene rings is 2. The molecule has 1 aliphatic heterocycles. The van der Waals surface area contributed by atoms with Gasteiger partial charge in [-0.2, -0.15) is 0 Å². The maximum absolute atomic E-state index is 12.3. The molecule has 0 bridgehead atoms. The van der Waals surface area contributed by atoms with Gasteiger partial charge in [0.1, 0.15) is 6.61 Å². The zero-order valence-corrected chi connectivity index (χ0v) is 12.1. The summed E-state index contributed by atoms with van der Waals surface area (Å²) in [6.45, 7) is 0.404. The Bertz CT molecular complexity index is 757. The van der Waals surface area contributed by atoms with Gasteiger partial charge >= 0.3 is 5.97 Å². The lowest BCUT2D eigenvalue weighted by molar-refractivity contribution is -0.136. The van der Waals surface area contributed by atoms with E-state index in [-0.39, 0.29) is 17.8 Å². The van der Waals surface area contributed by atoms with Crippen molar-refractivity contribution in [2.45, 2.75) is 11.8 Å². The maximum Gasteiger partial charge on any atom is 0.335 e. The summed E-state index contributed by atoms with van der Waals surface area (Å²) in [5.41, 5.74) is 4.27. The third-order valence-electron chi connectivity index (χ3n) is 4.42. The molecule has 2 aromatic rings. The highest BCUT2D eigenvalue weighted by atomic mass is 16.5. The predicted octanol–water partition coefficient (Wildman–Crippen LogP) is 3.98. The third-order valence-corrected chi connectivity index (χ3v) is 4.42. The van der Waals surface area contributed by atoms with Gasteiger partial charge in [0.2, 0.25) is 0 Å². The van der Waals surface area contributed by atoms with Gasteiger partial charge in [-0.15, -0.1) is 0 Å². The van der Waals surface area contributed by atoms with Gasteiger partial charge in [-0.1, -0.05) is 72.8 Å². The van der Waals surface area contributed by atoms with Crippen LogP contribution in [-0.2, 0) is 9.53 Å². The molecule has 0 fully saturated rings. The molecule has 4 rings (SSSR count). The topological polar surface area (TPSA) is 26.3 Å². The molecule has 2 heteroatoms. The van der Waals surface area contributed by atoms with Crippen molar-refractivity contribution in [1.29, 1.82) is 0 Å². The maximum atomic E-state index is 12.3. The average molecular weight is 288 g/mol. The van der Waals surface area contributed by atoms with E-state index in [1.54, 1.807) is 0 Å². The van der Waals surface area contributed by atoms with Gasteiger partial charge in [-0.05, 0) is 16.7 Å². The lowest BCUT2D eigenvalue weighted by Gasteiger charge is -2.24. The van der Waals surface area contributed by atoms with Crippen molar-refractivity contribution >= 4 is 5.97 Å². The second-order valence-electron chi connectivity index (χ2n) is 5.68. The monoisotopic (exact) mass is 288 g/mol. The van der Waals surface area contributed by atoms with Gasteiger partial charge < -0.3 is 4.74 Å². The largest absolute Gasteiger partial charge is 0.458 e. The first-order valence-corrected chi connectivity index (χ1v) is 7.53. The van der Waals surface area contributed by atoms with E-state index in [0.717, 1.165) is 16.7 Å². The summed E-state index contributed by atoms with van der Waals surface area (Å²) in [4.78, 5) is 12.3. The van der Waals surface area contributed by atoms with Crippen LogP contribution >= 0.6 is 0 Å². The molecule has 1 aliphatic carbocycles. The number of rotatable bonds is 2. The molecule has 0 amide bonds. The van der Waals surface area contributed by atoms with E-state index in [9.17, 15) is 4.79 Å². The molecular weight excluding hydrogens is 272 g/mol. The summed E-state index contributed by atoms with van der Waals surface area (Å²) < 4.78 is 5.35. The van der Waals surface area contributed by atoms with Crippen molar-refractivity contribution in [3.05, 3.63) is 95.1 Å². The average Bonchev–Trinajstić information content (AvgIpc) is 2.98. The van der Waals surface area contributed by atoms with Gasteiger partial charge in [0.25, 0.3) is 0 Å². The number of hydrogen-bond acceptors (Lipinski definition) is 2. The van der Waals surface area contributed by atoms with E-state index in [1.165, 1.54) is 5.56 Å². The van der Waals surface area contributed by atoms with E-state index < -0.39 is 0 Å². The van der Waals surface area contributed by atoms with E-state index >= 15 is 0 Å². The van der Waals surface area contributed by atoms with Crippen molar-refractivity contribution in [1.82, 2.24) is 0 Å². The Labute approximate surface area is 129 Å². The summed E-state index contributed by atoms with van der Waals surface area (Å²) in [7, 11) is 0. The summed E-state index contributed by atoms with van der Waals surface area (Å²) in [6.07, 6.45) is 4.34. The van der Waals surface area contributed by atoms with Crippen LogP contribution < -0.4 is 0 Å². The first kappa shape index (κ1) is 13.1. The number of ether oxygens (including phenoxy) is 1. The predicted molar refractivity (Wildman–Crippen MR) is 85.5 cm³/mol. The Morgan fingerprint density at radius 2 is 1.32 bits per heavy atom. The van der Waals surface area contributed by atoms with Crippen LogP contribution in [0, 0.1) is 0 Å². The van der Waals surface area contributed by atoms with Crippen molar-refractivity contribution in [2.75, 3.05) is 6.61 Å². The standard InChI is InChI=1S/C20H16O2/c21-20-19-17(15-9-5-2-6-10-15)12-11-16(18(19)13-22-20)14-7-3-1-4-8-14/h1-12,16-17H,13H2/t16-,17-/m0/s1. The molecule has 0 radical (unpaired) electrons. The summed E-state index contributed by atoms with van der Waals surface area (Å²) >= 11 is 0. The Hall–Kier alpha value is -2.61. The highest BCUT2D eigenvalue weighted by molar-refractivity contribution is 5.95. The van der Waals surface area contributed by atoms with Gasteiger partial charge in [0.15, 0.2) is 0 Å². The van der Waals surface area contributed by atoms with Gasteiger partial charge in [-0.25, -0.2) is 4.79 Å². The summed E-state index contributed by atoms with van der Waals surface area (Å²) in [6, 6.07) is 20.4. The van der Waals surface area contributed by atoms with Crippen molar-refractivity contribution in [2.24, 2.45) is 0 Å². The van der Waals surface area contributed by atoms with Gasteiger partial charge in [0.05, 0.1) is 5.57 Å². The molecule has 108 valence electrons. The zero-order chi connectivity index (χ0) is 14.9. The highest BCUT2D eigenvalue weighted by Gasteiger charge is 2.37. The molecule has 0 unspecified atom stereocenters. The molecule has 1 heterocycles. The number of allylic oxidation sites excluding steroid dienone is 2. The van der Waals surface area contributed by atoms with Crippen LogP contribution in [0.2, 0.25) is 0 Å². The van der Waals surface area contributed by atoms with Crippen LogP contribution in [0.1, 0.15) is 23.0 Å². The van der Waals surface area contributed by atoms with Crippen LogP contribution in [-0.4, -0.2) is 12.6 Å². The molecule has 22 heavy (non-hydrogen) atoms. The molecule has 2 aliphatic rings. The van der Waals surface area contributed by atoms with E-state index in [0.29, 0.717) is 6.61 Å². The first-order chi connectivity index (χ1) is 10.8. The quantitative estimate of drug-likeness (QED) is 0.617. The summed E-state index contributed by atoms with van der Waals surface area (Å²) in [5.74, 6) is -0.0251. The fourth-order valence-electron chi connectivity index (χ4n) is 3.36. The number of carbonyl (C=O) groups is 1. The minimum Gasteiger partial charge on any atom is -0.458 e. The zero-order valence-electron chi connectivity index (χ0n) is 12.1. The molecule has 0 saturated carbocycles. The Kier molecular flexibility index (Phi) is 3.15. The van der Waals surface area contributed by atoms with Gasteiger partial charge in [-0.3, -0.25) is 0 Å². The van der Waals surface area contributed by atoms with Crippen LogP contribution in [0.5, 0.6) is 0 Å². The number of hydrogen-bond donors (Lipinski definition) is 0. The van der Waals surface area contributed by atoms with Crippen LogP contribution in [0.4, 0.5) is 0 Å². The fraction of sp³-hybridized carbons (Fsp3) is 0.150. The Morgan fingerprint density at radius 3 is 1.95 bits per heavy atom. The molecule has 0 spiro atoms. The van der Waals surface area contributed by atoms with E-state index in [4.69, 9.17) is 4.74 Å². The van der Waals surface area contributed by atoms with E-state index in [1.807, 2.05) is 36.4 Å². The number of cyclic esters (lactones) is 1. The second-order valence-corrected chi connectivity index (χ2v) is 5.68. The van der Waals surface area contributed by atoms with E-state index in [2.05, 4.69) is 36.4 Å². The molecule has 0 aromatic heterocycles. The molecule has 2 aromatic carbocycles. The normalized spacial score (nSPS) is 23.4. The molecular formula is C20H16O2. The minimum absolute atomic E-state index is 0.00571. The first-order valence-electron chi connectivity index (χ1n) is 7.53. The second kappa shape index (κ2) is 5.30. The lowest BCUT2D eigenvalue weighted by atomic mass is 9.77. The Balaban J connectivity index is 1.80. The number of esters is 1. The lowest BCUT2D eigenvalue weighted by Crippen LogP contribution is -2.14. The number of carbonyl (C=O) groups excluding carboxylic acids is 1. The van der Waals surface area contributed by atoms with Crippen molar-refractivity contribution in [3.63, 3.8) is 0 Å². The summed E-state index contributed by atoms with van der Waals surface area (Å²) in [5, 5.41) is 0. The van der Waals surface area contributed by atoms with Crippen LogP contribution in [0.3, 0.4) is 0 Å². The van der Waals surface area contributed by atoms with Crippen LogP contribution in [0.25, 0.3) is 0 Å². The molecule has 0 N–H and O–H groups in total. The molecule has 2 nitrogen and oxygen atoms in total.